The molecule has 3 aromatic heterocycles. The summed E-state index contributed by atoms with van der Waals surface area (Å²) in [4.78, 5) is 9.60. The topological polar surface area (TPSA) is 35.6 Å². The van der Waals surface area contributed by atoms with Crippen LogP contribution >= 0.6 is 0 Å². The molecule has 0 spiro atoms. The Morgan fingerprint density at radius 1 is 0.650 bits per heavy atom. The van der Waals surface area contributed by atoms with Crippen LogP contribution in [0.25, 0.3) is 71.9 Å². The predicted octanol–water partition coefficient (Wildman–Crippen LogP) is 8.15. The fourth-order valence-electron chi connectivity index (χ4n) is 5.65. The maximum atomic E-state index is 5.06. The number of aromatic nitrogens is 4. The Morgan fingerprint density at radius 2 is 1.45 bits per heavy atom. The third-order valence-corrected chi connectivity index (χ3v) is 7.53. The molecule has 192 valence electrons. The van der Waals surface area contributed by atoms with Gasteiger partial charge in [-0.1, -0.05) is 60.0 Å². The van der Waals surface area contributed by atoms with Crippen LogP contribution in [0.3, 0.4) is 0 Å². The minimum absolute atomic E-state index is 0. The van der Waals surface area contributed by atoms with Crippen LogP contribution in [0.15, 0.2) is 115 Å². The number of hydrogen-bond donors (Lipinski definition) is 0. The number of fused-ring (bicyclic) bond motifs is 5. The third-order valence-electron chi connectivity index (χ3n) is 7.53. The summed E-state index contributed by atoms with van der Waals surface area (Å²) < 4.78 is 4.41. The van der Waals surface area contributed by atoms with E-state index in [-0.39, 0.29) is 21.1 Å². The van der Waals surface area contributed by atoms with E-state index in [0.717, 1.165) is 55.8 Å². The largest absolute Gasteiger partial charge is 2.00 e. The van der Waals surface area contributed by atoms with Gasteiger partial charge in [-0.05, 0) is 57.3 Å². The standard InChI is InChI=1S/C35H22N4.Pt/c1-38-34-21-24-10-3-2-9-23(24)20-31(34)37-35(38)26-16-17-29-28-13-4-5-15-32(28)39(33(29)22-26)27-12-8-11-25(19-27)30-14-6-7-18-36-30;/h2-18,20-21H,1H3;/q-2;+2. The second kappa shape index (κ2) is 9.58. The number of para-hydroxylation sites is 1. The predicted molar refractivity (Wildman–Crippen MR) is 159 cm³/mol. The van der Waals surface area contributed by atoms with Gasteiger partial charge in [-0.2, -0.15) is 0 Å². The molecule has 5 heteroatoms. The normalized spacial score (nSPS) is 11.4. The monoisotopic (exact) mass is 693 g/mol. The minimum atomic E-state index is 0. The van der Waals surface area contributed by atoms with Crippen molar-refractivity contribution in [3.05, 3.63) is 128 Å². The van der Waals surface area contributed by atoms with Gasteiger partial charge in [0.05, 0.1) is 16.9 Å². The van der Waals surface area contributed by atoms with Crippen molar-refractivity contribution >= 4 is 43.6 Å². The Hall–Kier alpha value is -4.53. The first-order chi connectivity index (χ1) is 19.2. The van der Waals surface area contributed by atoms with Crippen LogP contribution in [0.1, 0.15) is 0 Å². The van der Waals surface area contributed by atoms with E-state index in [1.807, 2.05) is 24.4 Å². The molecule has 8 rings (SSSR count). The molecule has 8 aromatic rings. The number of rotatable bonds is 3. The van der Waals surface area contributed by atoms with Gasteiger partial charge in [0, 0.05) is 18.8 Å². The Labute approximate surface area is 245 Å². The van der Waals surface area contributed by atoms with Crippen molar-refractivity contribution in [2.75, 3.05) is 0 Å². The van der Waals surface area contributed by atoms with Crippen molar-refractivity contribution in [3.63, 3.8) is 0 Å². The maximum absolute atomic E-state index is 5.06. The van der Waals surface area contributed by atoms with Gasteiger partial charge in [-0.15, -0.1) is 53.6 Å². The van der Waals surface area contributed by atoms with E-state index in [0.29, 0.717) is 0 Å². The molecule has 3 heterocycles. The SMILES string of the molecule is Cn1c(-c2[c-]c3c(cc2)c2ccccc2n3-c2[c-]c(-c3ccccn3)ccc2)nc2cc3ccccc3cc21.[Pt+2]. The maximum Gasteiger partial charge on any atom is 2.00 e. The summed E-state index contributed by atoms with van der Waals surface area (Å²) in [7, 11) is 2.08. The summed E-state index contributed by atoms with van der Waals surface area (Å²) in [6.07, 6.45) is 1.82. The fourth-order valence-corrected chi connectivity index (χ4v) is 5.65. The molecular formula is C35H22N4Pt. The Morgan fingerprint density at radius 3 is 2.30 bits per heavy atom. The van der Waals surface area contributed by atoms with Gasteiger partial charge in [-0.25, -0.2) is 0 Å². The molecule has 0 saturated heterocycles. The van der Waals surface area contributed by atoms with Gasteiger partial charge < -0.3 is 14.1 Å². The van der Waals surface area contributed by atoms with Crippen molar-refractivity contribution in [2.24, 2.45) is 7.05 Å². The van der Waals surface area contributed by atoms with Crippen molar-refractivity contribution in [1.82, 2.24) is 19.1 Å². The molecule has 0 atom stereocenters. The van der Waals surface area contributed by atoms with E-state index in [1.54, 1.807) is 0 Å². The van der Waals surface area contributed by atoms with Gasteiger partial charge in [-0.3, -0.25) is 4.98 Å². The molecule has 0 amide bonds. The van der Waals surface area contributed by atoms with Gasteiger partial charge in [0.2, 0.25) is 0 Å². The van der Waals surface area contributed by atoms with E-state index < -0.39 is 0 Å². The first-order valence-electron chi connectivity index (χ1n) is 13.0. The summed E-state index contributed by atoms with van der Waals surface area (Å²) in [6.45, 7) is 0. The smallest absolute Gasteiger partial charge is 0.367 e. The summed E-state index contributed by atoms with van der Waals surface area (Å²) in [6, 6.07) is 45.2. The molecule has 0 radical (unpaired) electrons. The van der Waals surface area contributed by atoms with Gasteiger partial charge in [0.1, 0.15) is 0 Å². The Balaban J connectivity index is 0.00000264. The molecule has 0 aliphatic carbocycles. The number of imidazole rings is 1. The molecule has 5 aromatic carbocycles. The molecule has 0 N–H and O–H groups in total. The van der Waals surface area contributed by atoms with E-state index in [2.05, 4.69) is 124 Å². The average molecular weight is 694 g/mol. The zero-order valence-electron chi connectivity index (χ0n) is 21.6. The van der Waals surface area contributed by atoms with Crippen LogP contribution in [0, 0.1) is 12.1 Å². The third kappa shape index (κ3) is 3.79. The molecule has 40 heavy (non-hydrogen) atoms. The van der Waals surface area contributed by atoms with E-state index in [9.17, 15) is 0 Å². The molecule has 0 bridgehead atoms. The zero-order valence-corrected chi connectivity index (χ0v) is 23.8. The van der Waals surface area contributed by atoms with Crippen LogP contribution in [-0.4, -0.2) is 19.1 Å². The average Bonchev–Trinajstić information content (AvgIpc) is 3.50. The second-order valence-corrected chi connectivity index (χ2v) is 9.83. The number of benzene rings is 5. The van der Waals surface area contributed by atoms with Gasteiger partial charge in [0.15, 0.2) is 0 Å². The first-order valence-corrected chi connectivity index (χ1v) is 13.0. The van der Waals surface area contributed by atoms with Crippen molar-refractivity contribution in [2.45, 2.75) is 0 Å². The minimum Gasteiger partial charge on any atom is -0.367 e. The van der Waals surface area contributed by atoms with Crippen LogP contribution < -0.4 is 0 Å². The van der Waals surface area contributed by atoms with Crippen molar-refractivity contribution in [1.29, 1.82) is 0 Å². The summed E-state index contributed by atoms with van der Waals surface area (Å²) >= 11 is 0. The van der Waals surface area contributed by atoms with Gasteiger partial charge in [0.25, 0.3) is 0 Å². The van der Waals surface area contributed by atoms with E-state index >= 15 is 0 Å². The molecule has 4 nitrogen and oxygen atoms in total. The van der Waals surface area contributed by atoms with Gasteiger partial charge >= 0.3 is 21.1 Å². The van der Waals surface area contributed by atoms with Crippen LogP contribution in [0.5, 0.6) is 0 Å². The molecule has 0 aliphatic rings. The molecule has 0 unspecified atom stereocenters. The molecule has 0 aliphatic heterocycles. The number of aryl methyl sites for hydroxylation is 1. The second-order valence-electron chi connectivity index (χ2n) is 9.83. The summed E-state index contributed by atoms with van der Waals surface area (Å²) in [5, 5.41) is 4.73. The first kappa shape index (κ1) is 24.5. The molecule has 0 fully saturated rings. The van der Waals surface area contributed by atoms with Crippen LogP contribution in [-0.2, 0) is 28.1 Å². The van der Waals surface area contributed by atoms with E-state index in [4.69, 9.17) is 4.98 Å². The number of pyridine rings is 1. The van der Waals surface area contributed by atoms with Crippen molar-refractivity contribution < 1.29 is 21.1 Å². The number of nitrogens with zero attached hydrogens (tertiary/aromatic N) is 4. The fraction of sp³-hybridized carbons (Fsp3) is 0.0286. The van der Waals surface area contributed by atoms with Crippen LogP contribution in [0.2, 0.25) is 0 Å². The summed E-state index contributed by atoms with van der Waals surface area (Å²) in [5.41, 5.74) is 7.97. The number of hydrogen-bond acceptors (Lipinski definition) is 2. The summed E-state index contributed by atoms with van der Waals surface area (Å²) in [5.74, 6) is 0.894. The Kier molecular flexibility index (Phi) is 5.87. The zero-order chi connectivity index (χ0) is 25.9. The molecular weight excluding hydrogens is 671 g/mol. The van der Waals surface area contributed by atoms with Crippen LogP contribution in [0.4, 0.5) is 0 Å². The quantitative estimate of drug-likeness (QED) is 0.175. The molecule has 0 saturated carbocycles. The Bertz CT molecular complexity index is 2190. The van der Waals surface area contributed by atoms with Crippen molar-refractivity contribution in [3.8, 4) is 28.3 Å². The van der Waals surface area contributed by atoms with E-state index in [1.165, 1.54) is 16.2 Å².